The van der Waals surface area contributed by atoms with Crippen LogP contribution in [0.25, 0.3) is 0 Å². The minimum absolute atomic E-state index is 0.0649. The van der Waals surface area contributed by atoms with Crippen molar-refractivity contribution in [3.8, 4) is 6.07 Å². The van der Waals surface area contributed by atoms with E-state index < -0.39 is 12.2 Å². The molecular weight excluding hydrogens is 257 g/mol. The van der Waals surface area contributed by atoms with Crippen LogP contribution in [0.15, 0.2) is 0 Å². The molecule has 1 unspecified atom stereocenters. The quantitative estimate of drug-likeness (QED) is 0.742. The Morgan fingerprint density at radius 2 is 2.10 bits per heavy atom. The van der Waals surface area contributed by atoms with E-state index in [-0.39, 0.29) is 19.0 Å². The fourth-order valence-electron chi connectivity index (χ4n) is 3.44. The zero-order chi connectivity index (χ0) is 14.9. The van der Waals surface area contributed by atoms with E-state index in [0.717, 1.165) is 19.5 Å². The van der Waals surface area contributed by atoms with Crippen LogP contribution in [0, 0.1) is 29.1 Å². The van der Waals surface area contributed by atoms with Gasteiger partial charge in [0.05, 0.1) is 12.6 Å². The minimum Gasteiger partial charge on any atom is -0.324 e. The first-order valence-corrected chi connectivity index (χ1v) is 7.53. The molecule has 0 aliphatic carbocycles. The van der Waals surface area contributed by atoms with Gasteiger partial charge in [0.15, 0.2) is 0 Å². The lowest BCUT2D eigenvalue weighted by molar-refractivity contribution is 0.0911. The largest absolute Gasteiger partial charge is 0.324 e. The van der Waals surface area contributed by atoms with Crippen molar-refractivity contribution in [2.24, 2.45) is 17.8 Å². The molecule has 0 radical (unpaired) electrons. The molecule has 0 aromatic carbocycles. The first kappa shape index (κ1) is 15.1. The molecule has 2 aliphatic rings. The lowest BCUT2D eigenvalue weighted by atomic mass is 9.80. The number of urea groups is 1. The van der Waals surface area contributed by atoms with E-state index in [2.05, 4.69) is 20.8 Å². The Bertz CT molecular complexity index is 406. The topological polar surface area (TPSA) is 47.3 Å². The fourth-order valence-corrected chi connectivity index (χ4v) is 3.44. The summed E-state index contributed by atoms with van der Waals surface area (Å²) in [5.41, 5.74) is 0. The summed E-state index contributed by atoms with van der Waals surface area (Å²) in [6.07, 6.45) is 0.0758. The standard InChI is InChI=1S/C15H24FN3O/c1-10(2)14-9-18(5-4-11(14)3)15(20)19-8-12(16)6-13(19)7-17/h10-14H,4-6,8-9H2,1-3H3/t11?,12-,13-,14+/m0/s1. The number of hydrogen-bond donors (Lipinski definition) is 0. The van der Waals surface area contributed by atoms with Crippen molar-refractivity contribution in [2.45, 2.75) is 45.8 Å². The highest BCUT2D eigenvalue weighted by Crippen LogP contribution is 2.31. The molecule has 2 amide bonds. The number of amides is 2. The molecule has 0 N–H and O–H groups in total. The van der Waals surface area contributed by atoms with Gasteiger partial charge in [-0.05, 0) is 24.2 Å². The second kappa shape index (κ2) is 5.99. The molecule has 2 fully saturated rings. The molecule has 0 aromatic heterocycles. The van der Waals surface area contributed by atoms with E-state index in [4.69, 9.17) is 5.26 Å². The fraction of sp³-hybridized carbons (Fsp3) is 0.867. The molecule has 5 heteroatoms. The molecule has 4 atom stereocenters. The van der Waals surface area contributed by atoms with Gasteiger partial charge in [0.2, 0.25) is 0 Å². The van der Waals surface area contributed by atoms with Crippen LogP contribution < -0.4 is 0 Å². The summed E-state index contributed by atoms with van der Waals surface area (Å²) >= 11 is 0. The number of rotatable bonds is 1. The van der Waals surface area contributed by atoms with Gasteiger partial charge in [-0.3, -0.25) is 0 Å². The highest BCUT2D eigenvalue weighted by molar-refractivity contribution is 5.75. The van der Waals surface area contributed by atoms with Crippen LogP contribution in [-0.4, -0.2) is 47.7 Å². The van der Waals surface area contributed by atoms with Crippen molar-refractivity contribution >= 4 is 6.03 Å². The van der Waals surface area contributed by atoms with Gasteiger partial charge in [-0.1, -0.05) is 20.8 Å². The van der Waals surface area contributed by atoms with Crippen molar-refractivity contribution in [1.29, 1.82) is 5.26 Å². The smallest absolute Gasteiger partial charge is 0.321 e. The highest BCUT2D eigenvalue weighted by Gasteiger charge is 2.39. The number of carbonyl (C=O) groups excluding carboxylic acids is 1. The third-order valence-electron chi connectivity index (χ3n) is 4.79. The van der Waals surface area contributed by atoms with Crippen molar-refractivity contribution < 1.29 is 9.18 Å². The van der Waals surface area contributed by atoms with Crippen molar-refractivity contribution in [1.82, 2.24) is 9.80 Å². The Morgan fingerprint density at radius 3 is 2.70 bits per heavy atom. The van der Waals surface area contributed by atoms with Gasteiger partial charge < -0.3 is 9.80 Å². The Balaban J connectivity index is 2.04. The molecule has 112 valence electrons. The van der Waals surface area contributed by atoms with Crippen LogP contribution in [-0.2, 0) is 0 Å². The highest BCUT2D eigenvalue weighted by atomic mass is 19.1. The minimum atomic E-state index is -1.06. The second-order valence-corrected chi connectivity index (χ2v) is 6.53. The second-order valence-electron chi connectivity index (χ2n) is 6.53. The van der Waals surface area contributed by atoms with E-state index in [1.165, 1.54) is 4.90 Å². The molecule has 2 rings (SSSR count). The molecule has 0 saturated carbocycles. The monoisotopic (exact) mass is 281 g/mol. The molecule has 0 aromatic rings. The van der Waals surface area contributed by atoms with Gasteiger partial charge in [-0.25, -0.2) is 9.18 Å². The summed E-state index contributed by atoms with van der Waals surface area (Å²) in [6.45, 7) is 8.10. The normalized spacial score (nSPS) is 34.4. The number of nitriles is 1. The van der Waals surface area contributed by atoms with Crippen LogP contribution in [0.1, 0.15) is 33.6 Å². The lowest BCUT2D eigenvalue weighted by Gasteiger charge is -2.40. The molecule has 2 saturated heterocycles. The van der Waals surface area contributed by atoms with Gasteiger partial charge in [-0.2, -0.15) is 5.26 Å². The van der Waals surface area contributed by atoms with E-state index >= 15 is 0 Å². The number of carbonyl (C=O) groups is 1. The first-order valence-electron chi connectivity index (χ1n) is 7.53. The zero-order valence-electron chi connectivity index (χ0n) is 12.6. The Hall–Kier alpha value is -1.31. The molecule has 20 heavy (non-hydrogen) atoms. The molecule has 2 aliphatic heterocycles. The lowest BCUT2D eigenvalue weighted by Crippen LogP contribution is -2.51. The van der Waals surface area contributed by atoms with Gasteiger partial charge in [0.1, 0.15) is 12.2 Å². The number of nitrogens with zero attached hydrogens (tertiary/aromatic N) is 3. The van der Waals surface area contributed by atoms with Crippen molar-refractivity contribution in [2.75, 3.05) is 19.6 Å². The maximum atomic E-state index is 13.4. The summed E-state index contributed by atoms with van der Waals surface area (Å²) in [6, 6.07) is 1.29. The Morgan fingerprint density at radius 1 is 1.40 bits per heavy atom. The van der Waals surface area contributed by atoms with Crippen LogP contribution in [0.3, 0.4) is 0 Å². The predicted molar refractivity (Wildman–Crippen MR) is 74.7 cm³/mol. The Labute approximate surface area is 120 Å². The summed E-state index contributed by atoms with van der Waals surface area (Å²) in [5, 5.41) is 9.05. The molecule has 2 heterocycles. The Kier molecular flexibility index (Phi) is 4.52. The third-order valence-corrected chi connectivity index (χ3v) is 4.79. The number of piperidine rings is 1. The maximum absolute atomic E-state index is 13.4. The van der Waals surface area contributed by atoms with E-state index in [1.807, 2.05) is 11.0 Å². The van der Waals surface area contributed by atoms with E-state index in [9.17, 15) is 9.18 Å². The van der Waals surface area contributed by atoms with Crippen molar-refractivity contribution in [3.05, 3.63) is 0 Å². The SMILES string of the molecule is CC(C)[C@H]1CN(C(=O)N2C[C@@H](F)C[C@H]2C#N)CCC1C. The molecule has 0 spiro atoms. The number of hydrogen-bond acceptors (Lipinski definition) is 2. The maximum Gasteiger partial charge on any atom is 0.321 e. The van der Waals surface area contributed by atoms with Gasteiger partial charge in [0, 0.05) is 19.5 Å². The predicted octanol–water partition coefficient (Wildman–Crippen LogP) is 2.66. The van der Waals surface area contributed by atoms with Gasteiger partial charge in [-0.15, -0.1) is 0 Å². The molecular formula is C15H24FN3O. The third kappa shape index (κ3) is 2.89. The average molecular weight is 281 g/mol. The van der Waals surface area contributed by atoms with Crippen molar-refractivity contribution in [3.63, 3.8) is 0 Å². The van der Waals surface area contributed by atoms with Crippen LogP contribution >= 0.6 is 0 Å². The summed E-state index contributed by atoms with van der Waals surface area (Å²) in [7, 11) is 0. The summed E-state index contributed by atoms with van der Waals surface area (Å²) < 4.78 is 13.4. The zero-order valence-corrected chi connectivity index (χ0v) is 12.6. The van der Waals surface area contributed by atoms with Gasteiger partial charge in [0.25, 0.3) is 0 Å². The van der Waals surface area contributed by atoms with Gasteiger partial charge >= 0.3 is 6.03 Å². The summed E-state index contributed by atoms with van der Waals surface area (Å²) in [5.74, 6) is 1.62. The summed E-state index contributed by atoms with van der Waals surface area (Å²) in [4.78, 5) is 15.8. The molecule has 0 bridgehead atoms. The van der Waals surface area contributed by atoms with Crippen LogP contribution in [0.5, 0.6) is 0 Å². The van der Waals surface area contributed by atoms with E-state index in [0.29, 0.717) is 17.8 Å². The number of halogens is 1. The van der Waals surface area contributed by atoms with E-state index in [1.54, 1.807) is 0 Å². The first-order chi connectivity index (χ1) is 9.43. The van der Waals surface area contributed by atoms with Crippen LogP contribution in [0.2, 0.25) is 0 Å². The number of likely N-dealkylation sites (tertiary alicyclic amines) is 2. The number of alkyl halides is 1. The molecule has 4 nitrogen and oxygen atoms in total. The average Bonchev–Trinajstić information content (AvgIpc) is 2.79. The van der Waals surface area contributed by atoms with Crippen LogP contribution in [0.4, 0.5) is 9.18 Å².